The van der Waals surface area contributed by atoms with Gasteiger partial charge in [-0.1, -0.05) is 4.80 Å². The molecule has 0 saturated heterocycles. The van der Waals surface area contributed by atoms with Crippen LogP contribution in [0.3, 0.4) is 0 Å². The van der Waals surface area contributed by atoms with Crippen LogP contribution in [0.1, 0.15) is 25.4 Å². The summed E-state index contributed by atoms with van der Waals surface area (Å²) in [6.45, 7) is 3.82. The van der Waals surface area contributed by atoms with E-state index in [1.807, 2.05) is 13.8 Å². The fourth-order valence-corrected chi connectivity index (χ4v) is 1.33. The fraction of sp³-hybridized carbons (Fsp3) is 0.500. The van der Waals surface area contributed by atoms with Crippen LogP contribution in [-0.4, -0.2) is 32.0 Å². The molecule has 0 aliphatic heterocycles. The molecule has 0 aliphatic rings. The second kappa shape index (κ2) is 4.76. The predicted octanol–water partition coefficient (Wildman–Crippen LogP) is 1.10. The molecule has 0 radical (unpaired) electrons. The summed E-state index contributed by atoms with van der Waals surface area (Å²) in [4.78, 5) is 15.2. The van der Waals surface area contributed by atoms with Crippen LogP contribution in [0.5, 0.6) is 0 Å². The van der Waals surface area contributed by atoms with E-state index < -0.39 is 10.5 Å². The van der Waals surface area contributed by atoms with Crippen LogP contribution in [0.15, 0.2) is 16.9 Å². The van der Waals surface area contributed by atoms with Crippen LogP contribution in [0.25, 0.3) is 0 Å². The van der Waals surface area contributed by atoms with Crippen molar-refractivity contribution in [2.24, 2.45) is 0 Å². The van der Waals surface area contributed by atoms with Crippen molar-refractivity contribution < 1.29 is 14.1 Å². The number of oxazole rings is 1. The number of nitro groups is 1. The molecular formula is C10H13N5O4. The smallest absolute Gasteiger partial charge is 0.410 e. The molecule has 0 spiro atoms. The van der Waals surface area contributed by atoms with Gasteiger partial charge >= 0.3 is 5.82 Å². The average molecular weight is 267 g/mol. The van der Waals surface area contributed by atoms with Gasteiger partial charge in [0.05, 0.1) is 5.10 Å². The molecule has 0 aromatic carbocycles. The molecule has 0 N–H and O–H groups in total. The summed E-state index contributed by atoms with van der Waals surface area (Å²) < 4.78 is 10.5. The largest absolute Gasteiger partial charge is 0.446 e. The zero-order chi connectivity index (χ0) is 14.0. The summed E-state index contributed by atoms with van der Waals surface area (Å²) >= 11 is 0. The van der Waals surface area contributed by atoms with Crippen LogP contribution >= 0.6 is 0 Å². The van der Waals surface area contributed by atoms with E-state index in [1.165, 1.54) is 6.26 Å². The number of aromatic nitrogens is 4. The van der Waals surface area contributed by atoms with E-state index in [9.17, 15) is 10.1 Å². The maximum absolute atomic E-state index is 10.5. The van der Waals surface area contributed by atoms with Gasteiger partial charge in [-0.05, 0) is 18.8 Å². The van der Waals surface area contributed by atoms with E-state index in [0.29, 0.717) is 11.6 Å². The third kappa shape index (κ3) is 2.76. The van der Waals surface area contributed by atoms with Crippen molar-refractivity contribution in [1.82, 2.24) is 20.0 Å². The Bertz CT molecular complexity index is 588. The fourth-order valence-electron chi connectivity index (χ4n) is 1.33. The first-order chi connectivity index (χ1) is 8.92. The Morgan fingerprint density at radius 3 is 2.89 bits per heavy atom. The number of rotatable bonds is 5. The predicted molar refractivity (Wildman–Crippen MR) is 62.3 cm³/mol. The molecule has 0 unspecified atom stereocenters. The van der Waals surface area contributed by atoms with Gasteiger partial charge in [0.25, 0.3) is 0 Å². The average Bonchev–Trinajstić information content (AvgIpc) is 2.99. The molecule has 2 rings (SSSR count). The van der Waals surface area contributed by atoms with Crippen molar-refractivity contribution in [1.29, 1.82) is 0 Å². The summed E-state index contributed by atoms with van der Waals surface area (Å²) in [6.07, 6.45) is 2.56. The van der Waals surface area contributed by atoms with E-state index in [-0.39, 0.29) is 12.4 Å². The Labute approximate surface area is 108 Å². The molecule has 2 heterocycles. The van der Waals surface area contributed by atoms with Crippen molar-refractivity contribution in [3.8, 4) is 0 Å². The maximum atomic E-state index is 10.5. The third-order valence-corrected chi connectivity index (χ3v) is 2.67. The van der Waals surface area contributed by atoms with Gasteiger partial charge in [-0.15, -0.1) is 5.10 Å². The zero-order valence-electron chi connectivity index (χ0n) is 10.7. The number of hydrogen-bond acceptors (Lipinski definition) is 7. The van der Waals surface area contributed by atoms with E-state index in [0.717, 1.165) is 11.0 Å². The second-order valence-electron chi connectivity index (χ2n) is 4.33. The summed E-state index contributed by atoms with van der Waals surface area (Å²) in [5, 5.41) is 17.9. The lowest BCUT2D eigenvalue weighted by Gasteiger charge is -2.18. The van der Waals surface area contributed by atoms with Crippen LogP contribution in [0, 0.1) is 10.1 Å². The van der Waals surface area contributed by atoms with Crippen LogP contribution < -0.4 is 0 Å². The lowest BCUT2D eigenvalue weighted by atomic mass is 10.1. The van der Waals surface area contributed by atoms with Gasteiger partial charge in [-0.25, -0.2) is 4.98 Å². The van der Waals surface area contributed by atoms with Crippen molar-refractivity contribution in [3.05, 3.63) is 34.2 Å². The minimum Gasteiger partial charge on any atom is -0.446 e. The van der Waals surface area contributed by atoms with Crippen molar-refractivity contribution in [2.45, 2.75) is 26.0 Å². The summed E-state index contributed by atoms with van der Waals surface area (Å²) in [7, 11) is 1.58. The Kier molecular flexibility index (Phi) is 3.30. The Hall–Kier alpha value is -2.29. The van der Waals surface area contributed by atoms with Crippen LogP contribution in [0.4, 0.5) is 5.82 Å². The Morgan fingerprint density at radius 2 is 2.32 bits per heavy atom. The molecule has 2 aromatic heterocycles. The molecule has 2 aromatic rings. The highest BCUT2D eigenvalue weighted by Crippen LogP contribution is 2.22. The number of ether oxygens (including phenoxy) is 1. The molecule has 0 amide bonds. The monoisotopic (exact) mass is 267 g/mol. The van der Waals surface area contributed by atoms with Crippen molar-refractivity contribution >= 4 is 5.82 Å². The van der Waals surface area contributed by atoms with Gasteiger partial charge < -0.3 is 19.3 Å². The van der Waals surface area contributed by atoms with E-state index >= 15 is 0 Å². The lowest BCUT2D eigenvalue weighted by molar-refractivity contribution is -0.389. The van der Waals surface area contributed by atoms with Gasteiger partial charge in [0, 0.05) is 7.11 Å². The molecule has 0 fully saturated rings. The highest BCUT2D eigenvalue weighted by Gasteiger charge is 2.24. The second-order valence-corrected chi connectivity index (χ2v) is 4.33. The molecule has 0 saturated carbocycles. The molecular weight excluding hydrogens is 254 g/mol. The van der Waals surface area contributed by atoms with Gasteiger partial charge in [0.1, 0.15) is 17.6 Å². The maximum Gasteiger partial charge on any atom is 0.410 e. The highest BCUT2D eigenvalue weighted by molar-refractivity contribution is 5.09. The lowest BCUT2D eigenvalue weighted by Crippen LogP contribution is -2.20. The molecule has 0 atom stereocenters. The van der Waals surface area contributed by atoms with Gasteiger partial charge in [0.15, 0.2) is 12.7 Å². The highest BCUT2D eigenvalue weighted by atomic mass is 16.6. The molecule has 9 heteroatoms. The van der Waals surface area contributed by atoms with E-state index in [1.54, 1.807) is 7.11 Å². The van der Waals surface area contributed by atoms with Gasteiger partial charge in [-0.2, -0.15) is 0 Å². The molecule has 9 nitrogen and oxygen atoms in total. The Balaban J connectivity index is 2.13. The molecule has 0 aliphatic carbocycles. The number of hydrogen-bond donors (Lipinski definition) is 0. The topological polar surface area (TPSA) is 109 Å². The SMILES string of the molecule is COC(C)(C)c1coc(Cn2ncc([N+](=O)[O-])n2)n1. The number of methoxy groups -OCH3 is 1. The normalized spacial score (nSPS) is 11.7. The number of nitrogens with zero attached hydrogens (tertiary/aromatic N) is 5. The molecule has 19 heavy (non-hydrogen) atoms. The quantitative estimate of drug-likeness (QED) is 0.589. The first kappa shape index (κ1) is 13.1. The zero-order valence-corrected chi connectivity index (χ0v) is 10.7. The first-order valence-electron chi connectivity index (χ1n) is 5.47. The summed E-state index contributed by atoms with van der Waals surface area (Å²) in [5.74, 6) is 0.0367. The standard InChI is InChI=1S/C10H13N5O4/c1-10(2,18-3)7-6-19-9(12-7)5-14-11-4-8(13-14)15(16)17/h4,6H,5H2,1-3H3. The van der Waals surface area contributed by atoms with Crippen LogP contribution in [-0.2, 0) is 16.9 Å². The minimum absolute atomic E-state index is 0.119. The van der Waals surface area contributed by atoms with Crippen molar-refractivity contribution in [3.63, 3.8) is 0 Å². The van der Waals surface area contributed by atoms with Gasteiger partial charge in [0.2, 0.25) is 5.89 Å². The van der Waals surface area contributed by atoms with Crippen molar-refractivity contribution in [2.75, 3.05) is 7.11 Å². The Morgan fingerprint density at radius 1 is 1.58 bits per heavy atom. The van der Waals surface area contributed by atoms with E-state index in [2.05, 4.69) is 15.2 Å². The van der Waals surface area contributed by atoms with Crippen LogP contribution in [0.2, 0.25) is 0 Å². The minimum atomic E-state index is -0.613. The first-order valence-corrected chi connectivity index (χ1v) is 5.47. The molecule has 102 valence electrons. The van der Waals surface area contributed by atoms with E-state index in [4.69, 9.17) is 9.15 Å². The third-order valence-electron chi connectivity index (χ3n) is 2.67. The summed E-state index contributed by atoms with van der Waals surface area (Å²) in [5.41, 5.74) is 0.0670. The van der Waals surface area contributed by atoms with Gasteiger partial charge in [-0.3, -0.25) is 0 Å². The molecule has 0 bridgehead atoms. The summed E-state index contributed by atoms with van der Waals surface area (Å²) in [6, 6.07) is 0.